The van der Waals surface area contributed by atoms with Crippen molar-refractivity contribution in [3.63, 3.8) is 0 Å². The van der Waals surface area contributed by atoms with Crippen molar-refractivity contribution in [3.05, 3.63) is 64.9 Å². The predicted molar refractivity (Wildman–Crippen MR) is 80.6 cm³/mol. The summed E-state index contributed by atoms with van der Waals surface area (Å²) in [4.78, 5) is 15.4. The number of aromatic nitrogens is 1. The highest BCUT2D eigenvalue weighted by Gasteiger charge is 2.15. The van der Waals surface area contributed by atoms with Gasteiger partial charge in [0.1, 0.15) is 17.3 Å². The van der Waals surface area contributed by atoms with Gasteiger partial charge in [-0.05, 0) is 29.1 Å². The van der Waals surface area contributed by atoms with E-state index >= 15 is 0 Å². The number of hydrogen-bond donors (Lipinski definition) is 1. The minimum Gasteiger partial charge on any atom is -0.364 e. The van der Waals surface area contributed by atoms with Gasteiger partial charge in [0, 0.05) is 23.2 Å². The first-order valence-corrected chi connectivity index (χ1v) is 6.68. The highest BCUT2D eigenvalue weighted by molar-refractivity contribution is 6.33. The van der Waals surface area contributed by atoms with Crippen LogP contribution in [0.25, 0.3) is 21.9 Å². The molecule has 0 saturated heterocycles. The van der Waals surface area contributed by atoms with Crippen LogP contribution in [0.3, 0.4) is 0 Å². The molecule has 1 aromatic heterocycles. The summed E-state index contributed by atoms with van der Waals surface area (Å²) in [5.74, 6) is -2.23. The first kappa shape index (κ1) is 14.4. The molecule has 3 rings (SSSR count). The molecule has 0 saturated carbocycles. The molecule has 3 aromatic rings. The van der Waals surface area contributed by atoms with Crippen LogP contribution in [0.4, 0.5) is 8.78 Å². The number of pyridine rings is 1. The van der Waals surface area contributed by atoms with Crippen molar-refractivity contribution in [1.82, 2.24) is 4.98 Å². The average molecular weight is 319 g/mol. The average Bonchev–Trinajstić information content (AvgIpc) is 2.45. The maximum absolute atomic E-state index is 14.0. The molecule has 6 heteroatoms. The molecule has 0 aliphatic carbocycles. The first-order chi connectivity index (χ1) is 10.5. The van der Waals surface area contributed by atoms with Gasteiger partial charge in [-0.3, -0.25) is 9.78 Å². The molecule has 3 nitrogen and oxygen atoms in total. The molecule has 0 aliphatic heterocycles. The van der Waals surface area contributed by atoms with E-state index in [-0.39, 0.29) is 16.3 Å². The van der Waals surface area contributed by atoms with Gasteiger partial charge in [-0.25, -0.2) is 8.78 Å². The van der Waals surface area contributed by atoms with Gasteiger partial charge in [0.2, 0.25) is 0 Å². The lowest BCUT2D eigenvalue weighted by Crippen LogP contribution is -2.13. The zero-order valence-electron chi connectivity index (χ0n) is 11.1. The Kier molecular flexibility index (Phi) is 3.50. The number of fused-ring (bicyclic) bond motifs is 1. The third-order valence-electron chi connectivity index (χ3n) is 3.30. The van der Waals surface area contributed by atoms with Gasteiger partial charge < -0.3 is 5.73 Å². The van der Waals surface area contributed by atoms with E-state index in [4.69, 9.17) is 17.3 Å². The van der Waals surface area contributed by atoms with Crippen molar-refractivity contribution in [1.29, 1.82) is 0 Å². The molecule has 2 aromatic carbocycles. The van der Waals surface area contributed by atoms with Crippen LogP contribution in [0.15, 0.2) is 42.6 Å². The Morgan fingerprint density at radius 2 is 1.91 bits per heavy atom. The Morgan fingerprint density at radius 1 is 1.14 bits per heavy atom. The number of halogens is 3. The van der Waals surface area contributed by atoms with E-state index in [0.29, 0.717) is 10.9 Å². The van der Waals surface area contributed by atoms with Crippen LogP contribution in [0, 0.1) is 11.6 Å². The Labute approximate surface area is 129 Å². The fourth-order valence-corrected chi connectivity index (χ4v) is 2.64. The summed E-state index contributed by atoms with van der Waals surface area (Å²) in [6.45, 7) is 0. The number of nitrogens with two attached hydrogens (primary N) is 1. The molecule has 1 heterocycles. The Morgan fingerprint density at radius 3 is 2.59 bits per heavy atom. The maximum Gasteiger partial charge on any atom is 0.267 e. The molecule has 110 valence electrons. The third kappa shape index (κ3) is 2.40. The fraction of sp³-hybridized carbons (Fsp3) is 0. The summed E-state index contributed by atoms with van der Waals surface area (Å²) in [6.07, 6.45) is 1.47. The largest absolute Gasteiger partial charge is 0.364 e. The molecule has 1 amide bonds. The van der Waals surface area contributed by atoms with E-state index in [1.165, 1.54) is 6.20 Å². The maximum atomic E-state index is 14.0. The molecule has 22 heavy (non-hydrogen) atoms. The highest BCUT2D eigenvalue weighted by Crippen LogP contribution is 2.33. The quantitative estimate of drug-likeness (QED) is 0.778. The number of rotatable bonds is 2. The predicted octanol–water partition coefficient (Wildman–Crippen LogP) is 3.93. The first-order valence-electron chi connectivity index (χ1n) is 6.31. The molecule has 0 atom stereocenters. The fourth-order valence-electron chi connectivity index (χ4n) is 2.34. The number of carbonyl (C=O) groups is 1. The van der Waals surface area contributed by atoms with Crippen molar-refractivity contribution in [2.45, 2.75) is 0 Å². The van der Waals surface area contributed by atoms with Crippen LogP contribution in [0.1, 0.15) is 10.5 Å². The van der Waals surface area contributed by atoms with Gasteiger partial charge in [-0.15, -0.1) is 0 Å². The van der Waals surface area contributed by atoms with E-state index in [1.54, 1.807) is 24.3 Å². The Hall–Kier alpha value is -2.53. The molecular formula is C16H9ClF2N2O. The number of benzene rings is 2. The lowest BCUT2D eigenvalue weighted by atomic mass is 10.00. The minimum atomic E-state index is -0.783. The zero-order valence-corrected chi connectivity index (χ0v) is 11.9. The van der Waals surface area contributed by atoms with Gasteiger partial charge in [0.05, 0.1) is 5.02 Å². The Balaban J connectivity index is 2.30. The van der Waals surface area contributed by atoms with E-state index in [2.05, 4.69) is 4.98 Å². The second-order valence-corrected chi connectivity index (χ2v) is 5.11. The summed E-state index contributed by atoms with van der Waals surface area (Å²) in [5.41, 5.74) is 5.85. The van der Waals surface area contributed by atoms with Crippen molar-refractivity contribution in [3.8, 4) is 11.1 Å². The van der Waals surface area contributed by atoms with Crippen LogP contribution >= 0.6 is 11.6 Å². The SMILES string of the molecule is NC(=O)c1nccc2ccc(-c3c(F)cc(F)cc3Cl)cc12. The van der Waals surface area contributed by atoms with Crippen molar-refractivity contribution in [2.24, 2.45) is 5.73 Å². The van der Waals surface area contributed by atoms with Crippen LogP contribution in [-0.2, 0) is 0 Å². The molecule has 2 N–H and O–H groups in total. The van der Waals surface area contributed by atoms with E-state index in [0.717, 1.165) is 17.5 Å². The Bertz CT molecular complexity index is 889. The van der Waals surface area contributed by atoms with Gasteiger partial charge in [0.25, 0.3) is 5.91 Å². The van der Waals surface area contributed by atoms with E-state index < -0.39 is 17.5 Å². The number of amides is 1. The normalized spacial score (nSPS) is 10.9. The molecular weight excluding hydrogens is 310 g/mol. The highest BCUT2D eigenvalue weighted by atomic mass is 35.5. The van der Waals surface area contributed by atoms with Crippen LogP contribution < -0.4 is 5.73 Å². The lowest BCUT2D eigenvalue weighted by molar-refractivity contribution is 0.0997. The summed E-state index contributed by atoms with van der Waals surface area (Å²) >= 11 is 5.94. The second-order valence-electron chi connectivity index (χ2n) is 4.70. The number of hydrogen-bond acceptors (Lipinski definition) is 2. The van der Waals surface area contributed by atoms with Gasteiger partial charge in [-0.2, -0.15) is 0 Å². The summed E-state index contributed by atoms with van der Waals surface area (Å²) < 4.78 is 27.2. The van der Waals surface area contributed by atoms with Gasteiger partial charge in [0.15, 0.2) is 0 Å². The second kappa shape index (κ2) is 5.35. The van der Waals surface area contributed by atoms with Crippen LogP contribution in [-0.4, -0.2) is 10.9 Å². The minimum absolute atomic E-state index is 0.0543. The third-order valence-corrected chi connectivity index (χ3v) is 3.59. The molecule has 0 bridgehead atoms. The molecule has 0 fully saturated rings. The van der Waals surface area contributed by atoms with Crippen LogP contribution in [0.2, 0.25) is 5.02 Å². The zero-order chi connectivity index (χ0) is 15.9. The van der Waals surface area contributed by atoms with E-state index in [9.17, 15) is 13.6 Å². The summed E-state index contributed by atoms with van der Waals surface area (Å²) in [7, 11) is 0. The molecule has 0 aliphatic rings. The van der Waals surface area contributed by atoms with Gasteiger partial charge in [-0.1, -0.05) is 23.7 Å². The summed E-state index contributed by atoms with van der Waals surface area (Å²) in [6, 6.07) is 8.37. The summed E-state index contributed by atoms with van der Waals surface area (Å²) in [5, 5.41) is 1.15. The monoisotopic (exact) mass is 318 g/mol. The molecule has 0 radical (unpaired) electrons. The van der Waals surface area contributed by atoms with Crippen molar-refractivity contribution < 1.29 is 13.6 Å². The lowest BCUT2D eigenvalue weighted by Gasteiger charge is -2.09. The topological polar surface area (TPSA) is 56.0 Å². The van der Waals surface area contributed by atoms with Crippen molar-refractivity contribution >= 4 is 28.3 Å². The number of carbonyl (C=O) groups excluding carboxylic acids is 1. The smallest absolute Gasteiger partial charge is 0.267 e. The van der Waals surface area contributed by atoms with Gasteiger partial charge >= 0.3 is 0 Å². The van der Waals surface area contributed by atoms with E-state index in [1.807, 2.05) is 0 Å². The molecule has 0 spiro atoms. The van der Waals surface area contributed by atoms with Crippen molar-refractivity contribution in [2.75, 3.05) is 0 Å². The van der Waals surface area contributed by atoms with Crippen LogP contribution in [0.5, 0.6) is 0 Å². The number of nitrogens with zero attached hydrogens (tertiary/aromatic N) is 1. The standard InChI is InChI=1S/C16H9ClF2N2O/c17-12-6-10(18)7-13(19)14(12)9-2-1-8-3-4-21-15(16(20)22)11(8)5-9/h1-7H,(H2,20,22). The molecule has 0 unspecified atom stereocenters. The number of primary amides is 1.